The number of allylic oxidation sites excluding steroid dienone is 1. The lowest BCUT2D eigenvalue weighted by molar-refractivity contribution is -0.0900. The highest BCUT2D eigenvalue weighted by Crippen LogP contribution is 2.67. The van der Waals surface area contributed by atoms with Gasteiger partial charge in [-0.1, -0.05) is 39.8 Å². The van der Waals surface area contributed by atoms with Gasteiger partial charge in [-0.3, -0.25) is 0 Å². The number of hydrogen-bond donors (Lipinski definition) is 2. The smallest absolute Gasteiger partial charge is 0.270 e. The minimum absolute atomic E-state index is 0. The molecule has 0 aromatic heterocycles. The Morgan fingerprint density at radius 2 is 1.86 bits per heavy atom. The first-order valence-corrected chi connectivity index (χ1v) is 11.5. The third-order valence-electron chi connectivity index (χ3n) is 9.69. The summed E-state index contributed by atoms with van der Waals surface area (Å²) >= 11 is 0. The third kappa shape index (κ3) is 3.71. The fourth-order valence-electron chi connectivity index (χ4n) is 8.29. The van der Waals surface area contributed by atoms with E-state index >= 15 is 0 Å². The Morgan fingerprint density at radius 3 is 2.55 bits per heavy atom. The number of rotatable bonds is 4. The summed E-state index contributed by atoms with van der Waals surface area (Å²) in [5.74, 6) is -0.692. The van der Waals surface area contributed by atoms with Gasteiger partial charge in [-0.05, 0) is 91.8 Å². The predicted molar refractivity (Wildman–Crippen MR) is 114 cm³/mol. The van der Waals surface area contributed by atoms with E-state index in [1.54, 1.807) is 0 Å². The first-order chi connectivity index (χ1) is 13.1. The van der Waals surface area contributed by atoms with Crippen LogP contribution >= 0.6 is 0 Å². The standard InChI is InChI=1S/C24H38F2O2.CH4/c1-15(13-24(25,26)14-27)19-6-7-20-18-5-4-16-12-17(28)8-10-22(16,2)21(18)9-11-23(19,20)3;/h4,15,17-21,27-28H,5-14H2,1-3H3;1H4/t15-,17+,18+,19-,20+,21+,22+,23-;/m1./s1. The van der Waals surface area contributed by atoms with Gasteiger partial charge >= 0.3 is 0 Å². The molecule has 0 aromatic rings. The average molecular weight is 413 g/mol. The Balaban J connectivity index is 0.00000240. The molecule has 4 aliphatic carbocycles. The molecule has 168 valence electrons. The van der Waals surface area contributed by atoms with E-state index in [1.807, 2.05) is 6.92 Å². The van der Waals surface area contributed by atoms with Gasteiger partial charge in [-0.2, -0.15) is 0 Å². The van der Waals surface area contributed by atoms with E-state index in [-0.39, 0.29) is 36.7 Å². The molecule has 8 atom stereocenters. The summed E-state index contributed by atoms with van der Waals surface area (Å²) in [5, 5.41) is 19.2. The second-order valence-electron chi connectivity index (χ2n) is 11.1. The zero-order valence-electron chi connectivity index (χ0n) is 17.8. The molecule has 0 amide bonds. The van der Waals surface area contributed by atoms with Gasteiger partial charge in [0.15, 0.2) is 0 Å². The second-order valence-corrected chi connectivity index (χ2v) is 11.1. The highest BCUT2D eigenvalue weighted by molar-refractivity contribution is 5.25. The quantitative estimate of drug-likeness (QED) is 0.538. The van der Waals surface area contributed by atoms with Gasteiger partial charge in [0.1, 0.15) is 6.61 Å². The zero-order valence-corrected chi connectivity index (χ0v) is 17.8. The Morgan fingerprint density at radius 1 is 1.14 bits per heavy atom. The van der Waals surface area contributed by atoms with E-state index in [0.717, 1.165) is 38.5 Å². The van der Waals surface area contributed by atoms with Crippen LogP contribution in [0.3, 0.4) is 0 Å². The van der Waals surface area contributed by atoms with Crippen molar-refractivity contribution in [3.8, 4) is 0 Å². The lowest BCUT2D eigenvalue weighted by atomic mass is 9.47. The van der Waals surface area contributed by atoms with Crippen molar-refractivity contribution in [1.82, 2.24) is 0 Å². The molecule has 2 N–H and O–H groups in total. The van der Waals surface area contributed by atoms with Crippen LogP contribution < -0.4 is 0 Å². The number of alkyl halides is 2. The summed E-state index contributed by atoms with van der Waals surface area (Å²) in [6.07, 6.45) is 10.6. The molecule has 29 heavy (non-hydrogen) atoms. The molecule has 0 aromatic carbocycles. The molecule has 0 unspecified atom stereocenters. The molecular weight excluding hydrogens is 370 g/mol. The molecule has 4 rings (SSSR count). The molecule has 0 heterocycles. The Labute approximate surface area is 176 Å². The Bertz CT molecular complexity index is 632. The van der Waals surface area contributed by atoms with Crippen molar-refractivity contribution >= 4 is 0 Å². The van der Waals surface area contributed by atoms with Crippen molar-refractivity contribution in [2.45, 2.75) is 98.0 Å². The van der Waals surface area contributed by atoms with Crippen LogP contribution in [-0.2, 0) is 0 Å². The van der Waals surface area contributed by atoms with E-state index < -0.39 is 12.5 Å². The van der Waals surface area contributed by atoms with Gasteiger partial charge in [0.05, 0.1) is 6.10 Å². The summed E-state index contributed by atoms with van der Waals surface area (Å²) in [7, 11) is 0. The largest absolute Gasteiger partial charge is 0.393 e. The summed E-state index contributed by atoms with van der Waals surface area (Å²) in [4.78, 5) is 0. The topological polar surface area (TPSA) is 40.5 Å². The normalized spacial score (nSPS) is 45.3. The van der Waals surface area contributed by atoms with E-state index in [4.69, 9.17) is 5.11 Å². The van der Waals surface area contributed by atoms with Crippen molar-refractivity contribution in [2.75, 3.05) is 6.61 Å². The minimum Gasteiger partial charge on any atom is -0.393 e. The van der Waals surface area contributed by atoms with Crippen LogP contribution in [0.1, 0.15) is 86.0 Å². The van der Waals surface area contributed by atoms with Crippen molar-refractivity contribution in [1.29, 1.82) is 0 Å². The maximum atomic E-state index is 13.9. The van der Waals surface area contributed by atoms with Crippen LogP contribution in [0.25, 0.3) is 0 Å². The number of hydrogen-bond acceptors (Lipinski definition) is 2. The highest BCUT2D eigenvalue weighted by Gasteiger charge is 2.59. The molecule has 3 saturated carbocycles. The van der Waals surface area contributed by atoms with Crippen LogP contribution in [0.2, 0.25) is 0 Å². The highest BCUT2D eigenvalue weighted by atomic mass is 19.3. The van der Waals surface area contributed by atoms with Gasteiger partial charge in [0, 0.05) is 6.42 Å². The lowest BCUT2D eigenvalue weighted by Crippen LogP contribution is -2.51. The molecule has 0 radical (unpaired) electrons. The Kier molecular flexibility index (Phi) is 6.31. The number of aliphatic hydroxyl groups excluding tert-OH is 2. The van der Waals surface area contributed by atoms with Crippen molar-refractivity contribution in [3.05, 3.63) is 11.6 Å². The van der Waals surface area contributed by atoms with E-state index in [0.29, 0.717) is 23.7 Å². The van der Waals surface area contributed by atoms with Crippen molar-refractivity contribution < 1.29 is 19.0 Å². The predicted octanol–water partition coefficient (Wildman–Crippen LogP) is 6.22. The van der Waals surface area contributed by atoms with Crippen LogP contribution in [-0.4, -0.2) is 28.8 Å². The fraction of sp³-hybridized carbons (Fsp3) is 0.920. The number of fused-ring (bicyclic) bond motifs is 5. The van der Waals surface area contributed by atoms with Crippen LogP contribution in [0.4, 0.5) is 8.78 Å². The van der Waals surface area contributed by atoms with Crippen LogP contribution in [0.15, 0.2) is 11.6 Å². The second kappa shape index (κ2) is 7.89. The third-order valence-corrected chi connectivity index (χ3v) is 9.69. The molecular formula is C25H42F2O2. The summed E-state index contributed by atoms with van der Waals surface area (Å²) < 4.78 is 27.7. The number of aliphatic hydroxyl groups is 2. The summed E-state index contributed by atoms with van der Waals surface area (Å²) in [6, 6.07) is 0. The van der Waals surface area contributed by atoms with Gasteiger partial charge in [0.25, 0.3) is 5.92 Å². The molecule has 0 aliphatic heterocycles. The molecule has 4 aliphatic rings. The van der Waals surface area contributed by atoms with Crippen molar-refractivity contribution in [2.24, 2.45) is 40.4 Å². The van der Waals surface area contributed by atoms with Gasteiger partial charge in [-0.25, -0.2) is 8.78 Å². The summed E-state index contributed by atoms with van der Waals surface area (Å²) in [6.45, 7) is 5.76. The first kappa shape index (κ1) is 23.2. The molecule has 2 nitrogen and oxygen atoms in total. The van der Waals surface area contributed by atoms with Crippen LogP contribution in [0.5, 0.6) is 0 Å². The molecule has 0 saturated heterocycles. The molecule has 3 fully saturated rings. The van der Waals surface area contributed by atoms with E-state index in [9.17, 15) is 13.9 Å². The monoisotopic (exact) mass is 412 g/mol. The van der Waals surface area contributed by atoms with Gasteiger partial charge < -0.3 is 10.2 Å². The van der Waals surface area contributed by atoms with Gasteiger partial charge in [-0.15, -0.1) is 0 Å². The molecule has 4 heteroatoms. The minimum atomic E-state index is -2.95. The average Bonchev–Trinajstić information content (AvgIpc) is 2.99. The first-order valence-electron chi connectivity index (χ1n) is 11.5. The van der Waals surface area contributed by atoms with E-state index in [2.05, 4.69) is 19.9 Å². The fourth-order valence-corrected chi connectivity index (χ4v) is 8.29. The summed E-state index contributed by atoms with van der Waals surface area (Å²) in [5.41, 5.74) is 1.88. The van der Waals surface area contributed by atoms with Crippen LogP contribution in [0, 0.1) is 40.4 Å². The lowest BCUT2D eigenvalue weighted by Gasteiger charge is -2.58. The molecule has 0 bridgehead atoms. The Hall–Kier alpha value is -0.480. The SMILES string of the molecule is C.C[C@H](CC(F)(F)CO)[C@H]1CC[C@H]2[C@@H]3CC=C4C[C@@H](O)CC[C@]4(C)[C@H]3CC[C@]12C. The zero-order chi connectivity index (χ0) is 20.3. The number of halogens is 2. The maximum absolute atomic E-state index is 13.9. The van der Waals surface area contributed by atoms with Gasteiger partial charge in [0.2, 0.25) is 0 Å². The maximum Gasteiger partial charge on any atom is 0.270 e. The molecule has 0 spiro atoms. The van der Waals surface area contributed by atoms with E-state index in [1.165, 1.54) is 18.4 Å². The van der Waals surface area contributed by atoms with Crippen molar-refractivity contribution in [3.63, 3.8) is 0 Å².